The summed E-state index contributed by atoms with van der Waals surface area (Å²) in [5.74, 6) is 0. The molecule has 1 aromatic heterocycles. The third-order valence-electron chi connectivity index (χ3n) is 4.38. The van der Waals surface area contributed by atoms with Gasteiger partial charge in [0.1, 0.15) is 0 Å². The predicted octanol–water partition coefficient (Wildman–Crippen LogP) is 6.15. The highest BCUT2D eigenvalue weighted by molar-refractivity contribution is 5.75. The van der Waals surface area contributed by atoms with E-state index in [4.69, 9.17) is 0 Å². The average molecular weight is 309 g/mol. The van der Waals surface area contributed by atoms with E-state index < -0.39 is 0 Å². The van der Waals surface area contributed by atoms with Crippen molar-refractivity contribution in [3.63, 3.8) is 0 Å². The molecule has 3 aromatic rings. The Morgan fingerprint density at radius 1 is 0.625 bits per heavy atom. The summed E-state index contributed by atoms with van der Waals surface area (Å²) in [4.78, 5) is 4.65. The van der Waals surface area contributed by atoms with Crippen LogP contribution in [0.2, 0.25) is 0 Å². The van der Waals surface area contributed by atoms with Crippen molar-refractivity contribution in [2.75, 3.05) is 0 Å². The molecule has 1 heteroatoms. The van der Waals surface area contributed by atoms with E-state index in [1.807, 2.05) is 12.3 Å². The minimum atomic E-state index is 1.01. The van der Waals surface area contributed by atoms with Crippen LogP contribution in [-0.2, 0) is 0 Å². The standard InChI is InChI=1S/C23H19N/c1-3-7-18(8-4-1)20-11-13-21(14-12-20)23-16-15-22(17-24-23)19-9-5-2-6-10-19/h1,3-5,7-17H,2,6H2. The number of aromatic nitrogens is 1. The van der Waals surface area contributed by atoms with Crippen LogP contribution < -0.4 is 0 Å². The second kappa shape index (κ2) is 6.67. The van der Waals surface area contributed by atoms with Gasteiger partial charge in [-0.1, -0.05) is 78.9 Å². The van der Waals surface area contributed by atoms with Gasteiger partial charge in [0.05, 0.1) is 5.69 Å². The zero-order valence-electron chi connectivity index (χ0n) is 13.5. The SMILES string of the molecule is C1=CC(c2ccc(-c3ccc(-c4ccccc4)cc3)nc2)=CCC1. The number of benzene rings is 2. The number of hydrogen-bond acceptors (Lipinski definition) is 1. The van der Waals surface area contributed by atoms with Crippen LogP contribution >= 0.6 is 0 Å². The average Bonchev–Trinajstić information content (AvgIpc) is 2.70. The minimum absolute atomic E-state index is 1.01. The van der Waals surface area contributed by atoms with Gasteiger partial charge in [0, 0.05) is 11.8 Å². The van der Waals surface area contributed by atoms with E-state index in [1.165, 1.54) is 22.3 Å². The molecule has 0 saturated carbocycles. The van der Waals surface area contributed by atoms with E-state index in [-0.39, 0.29) is 0 Å². The molecule has 0 N–H and O–H groups in total. The Morgan fingerprint density at radius 3 is 2.00 bits per heavy atom. The maximum Gasteiger partial charge on any atom is 0.0702 e. The summed E-state index contributed by atoms with van der Waals surface area (Å²) in [6.07, 6.45) is 10.9. The molecule has 0 unspecified atom stereocenters. The van der Waals surface area contributed by atoms with Crippen molar-refractivity contribution in [1.82, 2.24) is 4.98 Å². The Bertz CT molecular complexity index is 870. The van der Waals surface area contributed by atoms with Gasteiger partial charge < -0.3 is 0 Å². The molecule has 0 spiro atoms. The summed E-state index contributed by atoms with van der Waals surface area (Å²) >= 11 is 0. The van der Waals surface area contributed by atoms with Gasteiger partial charge >= 0.3 is 0 Å². The van der Waals surface area contributed by atoms with Crippen LogP contribution in [0.1, 0.15) is 18.4 Å². The monoisotopic (exact) mass is 309 g/mol. The van der Waals surface area contributed by atoms with E-state index in [9.17, 15) is 0 Å². The lowest BCUT2D eigenvalue weighted by Gasteiger charge is -2.08. The third-order valence-corrected chi connectivity index (χ3v) is 4.38. The van der Waals surface area contributed by atoms with Crippen molar-refractivity contribution in [3.8, 4) is 22.4 Å². The molecule has 0 aliphatic heterocycles. The second-order valence-electron chi connectivity index (χ2n) is 6.01. The zero-order chi connectivity index (χ0) is 16.2. The number of allylic oxidation sites excluding steroid dienone is 4. The van der Waals surface area contributed by atoms with Gasteiger partial charge in [0.2, 0.25) is 0 Å². The number of pyridine rings is 1. The summed E-state index contributed by atoms with van der Waals surface area (Å²) in [6, 6.07) is 23.3. The number of hydrogen-bond donors (Lipinski definition) is 0. The number of rotatable bonds is 3. The quantitative estimate of drug-likeness (QED) is 0.565. The Labute approximate surface area is 143 Å². The Kier molecular flexibility index (Phi) is 4.07. The first-order chi connectivity index (χ1) is 11.9. The van der Waals surface area contributed by atoms with Gasteiger partial charge in [0.25, 0.3) is 0 Å². The smallest absolute Gasteiger partial charge is 0.0702 e. The molecule has 4 rings (SSSR count). The van der Waals surface area contributed by atoms with Gasteiger partial charge in [-0.3, -0.25) is 4.98 Å². The largest absolute Gasteiger partial charge is 0.256 e. The van der Waals surface area contributed by atoms with E-state index in [0.717, 1.165) is 24.1 Å². The van der Waals surface area contributed by atoms with Gasteiger partial charge in [-0.05, 0) is 41.2 Å². The Morgan fingerprint density at radius 2 is 1.33 bits per heavy atom. The first-order valence-corrected chi connectivity index (χ1v) is 8.39. The lowest BCUT2D eigenvalue weighted by molar-refractivity contribution is 1.04. The lowest BCUT2D eigenvalue weighted by Crippen LogP contribution is -1.89. The fraction of sp³-hybridized carbons (Fsp3) is 0.0870. The van der Waals surface area contributed by atoms with Crippen molar-refractivity contribution in [1.29, 1.82) is 0 Å². The highest BCUT2D eigenvalue weighted by Gasteiger charge is 2.04. The van der Waals surface area contributed by atoms with Gasteiger partial charge in [-0.15, -0.1) is 0 Å². The van der Waals surface area contributed by atoms with E-state index in [0.29, 0.717) is 0 Å². The summed E-state index contributed by atoms with van der Waals surface area (Å²) in [6.45, 7) is 0. The van der Waals surface area contributed by atoms with Crippen molar-refractivity contribution in [2.45, 2.75) is 12.8 Å². The first-order valence-electron chi connectivity index (χ1n) is 8.39. The van der Waals surface area contributed by atoms with Crippen LogP contribution in [0.25, 0.3) is 28.0 Å². The van der Waals surface area contributed by atoms with Crippen LogP contribution in [0.4, 0.5) is 0 Å². The molecule has 0 fully saturated rings. The van der Waals surface area contributed by atoms with Gasteiger partial charge in [-0.2, -0.15) is 0 Å². The molecule has 0 radical (unpaired) electrons. The van der Waals surface area contributed by atoms with Gasteiger partial charge in [0.15, 0.2) is 0 Å². The highest BCUT2D eigenvalue weighted by atomic mass is 14.7. The summed E-state index contributed by atoms with van der Waals surface area (Å²) in [5.41, 5.74) is 7.10. The molecule has 1 aliphatic rings. The van der Waals surface area contributed by atoms with Crippen molar-refractivity contribution in [3.05, 3.63) is 96.7 Å². The van der Waals surface area contributed by atoms with Crippen LogP contribution in [0.5, 0.6) is 0 Å². The molecule has 1 nitrogen and oxygen atoms in total. The maximum atomic E-state index is 4.65. The third kappa shape index (κ3) is 3.07. The highest BCUT2D eigenvalue weighted by Crippen LogP contribution is 2.26. The lowest BCUT2D eigenvalue weighted by atomic mass is 9.99. The zero-order valence-corrected chi connectivity index (χ0v) is 13.5. The Hall–Kier alpha value is -2.93. The molecule has 116 valence electrons. The molecule has 2 aromatic carbocycles. The van der Waals surface area contributed by atoms with E-state index in [1.54, 1.807) is 0 Å². The molecule has 0 amide bonds. The molecule has 0 atom stereocenters. The predicted molar refractivity (Wildman–Crippen MR) is 101 cm³/mol. The van der Waals surface area contributed by atoms with Gasteiger partial charge in [-0.25, -0.2) is 0 Å². The molecular formula is C23H19N. The summed E-state index contributed by atoms with van der Waals surface area (Å²) in [7, 11) is 0. The number of nitrogens with zero attached hydrogens (tertiary/aromatic N) is 1. The van der Waals surface area contributed by atoms with Crippen LogP contribution in [0.15, 0.2) is 91.2 Å². The molecule has 0 saturated heterocycles. The van der Waals surface area contributed by atoms with E-state index in [2.05, 4.69) is 83.9 Å². The van der Waals surface area contributed by atoms with Crippen molar-refractivity contribution >= 4 is 5.57 Å². The van der Waals surface area contributed by atoms with E-state index >= 15 is 0 Å². The maximum absolute atomic E-state index is 4.65. The second-order valence-corrected chi connectivity index (χ2v) is 6.01. The fourth-order valence-corrected chi connectivity index (χ4v) is 3.03. The molecule has 0 bridgehead atoms. The molecular weight excluding hydrogens is 290 g/mol. The topological polar surface area (TPSA) is 12.9 Å². The first kappa shape index (κ1) is 14.6. The fourth-order valence-electron chi connectivity index (χ4n) is 3.03. The normalized spacial score (nSPS) is 13.6. The molecule has 1 heterocycles. The minimum Gasteiger partial charge on any atom is -0.256 e. The van der Waals surface area contributed by atoms with Crippen LogP contribution in [0.3, 0.4) is 0 Å². The van der Waals surface area contributed by atoms with Crippen molar-refractivity contribution < 1.29 is 0 Å². The molecule has 1 aliphatic carbocycles. The summed E-state index contributed by atoms with van der Waals surface area (Å²) in [5, 5.41) is 0. The Balaban J connectivity index is 1.58. The summed E-state index contributed by atoms with van der Waals surface area (Å²) < 4.78 is 0. The van der Waals surface area contributed by atoms with Crippen molar-refractivity contribution in [2.24, 2.45) is 0 Å². The molecule has 24 heavy (non-hydrogen) atoms. The van der Waals surface area contributed by atoms with Crippen LogP contribution in [0, 0.1) is 0 Å². The van der Waals surface area contributed by atoms with Crippen LogP contribution in [-0.4, -0.2) is 4.98 Å².